The summed E-state index contributed by atoms with van der Waals surface area (Å²) >= 11 is 11.6. The van der Waals surface area contributed by atoms with E-state index in [1.54, 1.807) is 0 Å². The summed E-state index contributed by atoms with van der Waals surface area (Å²) in [6.07, 6.45) is 0.770. The smallest absolute Gasteiger partial charge is 0.324 e. The van der Waals surface area contributed by atoms with Crippen LogP contribution in [0, 0.1) is 0 Å². The molecule has 110 valence electrons. The van der Waals surface area contributed by atoms with Crippen LogP contribution >= 0.6 is 23.2 Å². The fourth-order valence-electron chi connectivity index (χ4n) is 2.34. The monoisotopic (exact) mass is 337 g/mol. The highest BCUT2D eigenvalue weighted by Gasteiger charge is 2.49. The van der Waals surface area contributed by atoms with Crippen LogP contribution in [0.5, 0.6) is 0 Å². The SMILES string of the molecule is C[C@@]1(C(=O)O)CCCN1S(=O)(=O)c1cc(Cl)cc(Cl)c1. The molecule has 1 fully saturated rings. The number of benzene rings is 1. The molecule has 1 saturated heterocycles. The second kappa shape index (κ2) is 5.18. The number of carboxylic acid groups (broad SMARTS) is 1. The lowest BCUT2D eigenvalue weighted by molar-refractivity contribution is -0.146. The minimum atomic E-state index is -3.95. The van der Waals surface area contributed by atoms with Crippen LogP contribution in [0.3, 0.4) is 0 Å². The summed E-state index contributed by atoms with van der Waals surface area (Å²) in [5, 5.41) is 9.68. The number of hydrogen-bond acceptors (Lipinski definition) is 3. The molecule has 1 N–H and O–H groups in total. The Morgan fingerprint density at radius 2 is 1.85 bits per heavy atom. The number of sulfonamides is 1. The normalized spacial score (nSPS) is 23.9. The number of nitrogens with zero attached hydrogens (tertiary/aromatic N) is 1. The van der Waals surface area contributed by atoms with Crippen molar-refractivity contribution in [2.24, 2.45) is 0 Å². The van der Waals surface area contributed by atoms with Crippen LogP contribution in [0.2, 0.25) is 10.0 Å². The Morgan fingerprint density at radius 3 is 2.35 bits per heavy atom. The van der Waals surface area contributed by atoms with E-state index in [4.69, 9.17) is 23.2 Å². The molecule has 1 aliphatic rings. The van der Waals surface area contributed by atoms with E-state index < -0.39 is 21.5 Å². The van der Waals surface area contributed by atoms with Crippen LogP contribution < -0.4 is 0 Å². The van der Waals surface area contributed by atoms with Gasteiger partial charge in [0, 0.05) is 16.6 Å². The summed E-state index contributed by atoms with van der Waals surface area (Å²) in [6, 6.07) is 3.95. The number of aliphatic carboxylic acids is 1. The van der Waals surface area contributed by atoms with Gasteiger partial charge in [-0.3, -0.25) is 4.79 Å². The average molecular weight is 338 g/mol. The molecule has 1 aromatic rings. The molecule has 1 atom stereocenters. The average Bonchev–Trinajstić information content (AvgIpc) is 2.72. The van der Waals surface area contributed by atoms with Crippen molar-refractivity contribution < 1.29 is 18.3 Å². The van der Waals surface area contributed by atoms with Crippen molar-refractivity contribution in [2.75, 3.05) is 6.54 Å². The molecule has 0 unspecified atom stereocenters. The third-order valence-electron chi connectivity index (χ3n) is 3.46. The van der Waals surface area contributed by atoms with Crippen molar-refractivity contribution in [2.45, 2.75) is 30.2 Å². The summed E-state index contributed by atoms with van der Waals surface area (Å²) in [4.78, 5) is 11.3. The zero-order chi connectivity index (χ0) is 15.1. The lowest BCUT2D eigenvalue weighted by Gasteiger charge is -2.30. The Bertz CT molecular complexity index is 641. The lowest BCUT2D eigenvalue weighted by atomic mass is 10.0. The zero-order valence-electron chi connectivity index (χ0n) is 10.6. The Morgan fingerprint density at radius 1 is 1.30 bits per heavy atom. The first-order chi connectivity index (χ1) is 9.18. The molecule has 0 aromatic heterocycles. The predicted octanol–water partition coefficient (Wildman–Crippen LogP) is 2.62. The molecule has 2 rings (SSSR count). The van der Waals surface area contributed by atoms with E-state index in [0.717, 1.165) is 4.31 Å². The number of rotatable bonds is 3. The van der Waals surface area contributed by atoms with Crippen LogP contribution in [0.1, 0.15) is 19.8 Å². The van der Waals surface area contributed by atoms with Gasteiger partial charge in [-0.25, -0.2) is 8.42 Å². The molecular formula is C12H13Cl2NO4S. The van der Waals surface area contributed by atoms with Crippen molar-refractivity contribution in [1.82, 2.24) is 4.31 Å². The van der Waals surface area contributed by atoms with Crippen LogP contribution in [-0.2, 0) is 14.8 Å². The molecule has 0 spiro atoms. The fraction of sp³-hybridized carbons (Fsp3) is 0.417. The van der Waals surface area contributed by atoms with Gasteiger partial charge in [-0.1, -0.05) is 23.2 Å². The second-order valence-corrected chi connectivity index (χ2v) is 7.60. The quantitative estimate of drug-likeness (QED) is 0.919. The van der Waals surface area contributed by atoms with Gasteiger partial charge in [0.2, 0.25) is 10.0 Å². The maximum atomic E-state index is 12.6. The van der Waals surface area contributed by atoms with Gasteiger partial charge >= 0.3 is 5.97 Å². The lowest BCUT2D eigenvalue weighted by Crippen LogP contribution is -2.50. The number of halogens is 2. The number of carboxylic acids is 1. The molecular weight excluding hydrogens is 325 g/mol. The van der Waals surface area contributed by atoms with Crippen molar-refractivity contribution in [3.05, 3.63) is 28.2 Å². The van der Waals surface area contributed by atoms with E-state index in [1.807, 2.05) is 0 Å². The largest absolute Gasteiger partial charge is 0.480 e. The highest BCUT2D eigenvalue weighted by atomic mass is 35.5. The van der Waals surface area contributed by atoms with E-state index in [1.165, 1.54) is 25.1 Å². The van der Waals surface area contributed by atoms with E-state index in [0.29, 0.717) is 6.42 Å². The summed E-state index contributed by atoms with van der Waals surface area (Å²) in [7, 11) is -3.95. The van der Waals surface area contributed by atoms with E-state index in [-0.39, 0.29) is 27.9 Å². The molecule has 8 heteroatoms. The first-order valence-electron chi connectivity index (χ1n) is 5.90. The highest BCUT2D eigenvalue weighted by Crippen LogP contribution is 2.35. The third-order valence-corrected chi connectivity index (χ3v) is 5.89. The summed E-state index contributed by atoms with van der Waals surface area (Å²) in [5.41, 5.74) is -1.44. The maximum absolute atomic E-state index is 12.6. The van der Waals surface area contributed by atoms with Gasteiger partial charge in [-0.05, 0) is 38.0 Å². The molecule has 5 nitrogen and oxygen atoms in total. The standard InChI is InChI=1S/C12H13Cl2NO4S/c1-12(11(16)17)3-2-4-15(12)20(18,19)10-6-8(13)5-9(14)7-10/h5-7H,2-4H2,1H3,(H,16,17)/t12-/m0/s1. The predicted molar refractivity (Wildman–Crippen MR) is 75.6 cm³/mol. The fourth-order valence-corrected chi connectivity index (χ4v) is 4.87. The van der Waals surface area contributed by atoms with Crippen molar-refractivity contribution >= 4 is 39.2 Å². The molecule has 0 aliphatic carbocycles. The molecule has 1 aliphatic heterocycles. The summed E-state index contributed by atoms with van der Waals surface area (Å²) in [5.74, 6) is -1.16. The second-order valence-electron chi connectivity index (χ2n) is 4.86. The Labute approximate surface area is 127 Å². The molecule has 0 bridgehead atoms. The molecule has 1 aromatic carbocycles. The van der Waals surface area contributed by atoms with Gasteiger partial charge < -0.3 is 5.11 Å². The van der Waals surface area contributed by atoms with Gasteiger partial charge in [0.1, 0.15) is 5.54 Å². The van der Waals surface area contributed by atoms with E-state index >= 15 is 0 Å². The third kappa shape index (κ3) is 2.53. The summed E-state index contributed by atoms with van der Waals surface area (Å²) in [6.45, 7) is 1.57. The molecule has 20 heavy (non-hydrogen) atoms. The van der Waals surface area contributed by atoms with Crippen LogP contribution in [-0.4, -0.2) is 35.9 Å². The van der Waals surface area contributed by atoms with Crippen molar-refractivity contribution in [3.8, 4) is 0 Å². The van der Waals surface area contributed by atoms with Crippen LogP contribution in [0.15, 0.2) is 23.1 Å². The number of hydrogen-bond donors (Lipinski definition) is 1. The maximum Gasteiger partial charge on any atom is 0.324 e. The van der Waals surface area contributed by atoms with Crippen LogP contribution in [0.25, 0.3) is 0 Å². The zero-order valence-corrected chi connectivity index (χ0v) is 13.0. The van der Waals surface area contributed by atoms with Gasteiger partial charge in [0.25, 0.3) is 0 Å². The first kappa shape index (κ1) is 15.6. The van der Waals surface area contributed by atoms with E-state index in [9.17, 15) is 18.3 Å². The van der Waals surface area contributed by atoms with Crippen molar-refractivity contribution in [3.63, 3.8) is 0 Å². The minimum Gasteiger partial charge on any atom is -0.480 e. The summed E-state index contributed by atoms with van der Waals surface area (Å²) < 4.78 is 26.2. The van der Waals surface area contributed by atoms with Gasteiger partial charge in [0.15, 0.2) is 0 Å². The first-order valence-corrected chi connectivity index (χ1v) is 8.10. The van der Waals surface area contributed by atoms with Crippen LogP contribution in [0.4, 0.5) is 0 Å². The highest BCUT2D eigenvalue weighted by molar-refractivity contribution is 7.89. The topological polar surface area (TPSA) is 74.7 Å². The van der Waals surface area contributed by atoms with Gasteiger partial charge in [-0.2, -0.15) is 4.31 Å². The van der Waals surface area contributed by atoms with Gasteiger partial charge in [0.05, 0.1) is 4.90 Å². The van der Waals surface area contributed by atoms with Gasteiger partial charge in [-0.15, -0.1) is 0 Å². The van der Waals surface area contributed by atoms with E-state index in [2.05, 4.69) is 0 Å². The molecule has 0 radical (unpaired) electrons. The minimum absolute atomic E-state index is 0.0932. The Balaban J connectivity index is 2.52. The number of carbonyl (C=O) groups is 1. The molecule has 1 heterocycles. The molecule has 0 amide bonds. The Hall–Kier alpha value is -0.820. The van der Waals surface area contributed by atoms with Crippen molar-refractivity contribution in [1.29, 1.82) is 0 Å². The Kier molecular flexibility index (Phi) is 4.03. The molecule has 0 saturated carbocycles.